The van der Waals surface area contributed by atoms with Crippen molar-refractivity contribution in [2.75, 3.05) is 19.7 Å². The lowest BCUT2D eigenvalue weighted by Crippen LogP contribution is -2.48. The molecule has 1 atom stereocenters. The van der Waals surface area contributed by atoms with Gasteiger partial charge in [0.05, 0.1) is 12.7 Å². The van der Waals surface area contributed by atoms with E-state index in [1.165, 1.54) is 30.4 Å². The van der Waals surface area contributed by atoms with Crippen LogP contribution in [0.4, 0.5) is 0 Å². The maximum atomic E-state index is 5.91. The molecule has 1 saturated heterocycles. The number of fused-ring (bicyclic) bond motifs is 1. The van der Waals surface area contributed by atoms with Gasteiger partial charge in [-0.3, -0.25) is 0 Å². The predicted molar refractivity (Wildman–Crippen MR) is 64.7 cm³/mol. The van der Waals surface area contributed by atoms with Crippen LogP contribution in [0.1, 0.15) is 29.9 Å². The van der Waals surface area contributed by atoms with E-state index in [1.54, 1.807) is 0 Å². The standard InChI is InChI=1S/C14H19NO/c1-2-7-14-11(4-1)5-3-6-12(14)10-16-13-8-15-9-13/h1-2,4,7,12-13,15H,3,5-6,8-10H2. The Hall–Kier alpha value is -0.860. The van der Waals surface area contributed by atoms with Crippen LogP contribution in [0.15, 0.2) is 24.3 Å². The molecule has 1 aliphatic heterocycles. The van der Waals surface area contributed by atoms with E-state index < -0.39 is 0 Å². The van der Waals surface area contributed by atoms with Gasteiger partial charge in [0, 0.05) is 19.0 Å². The molecule has 0 bridgehead atoms. The minimum atomic E-state index is 0.467. The first-order valence-corrected chi connectivity index (χ1v) is 6.33. The quantitative estimate of drug-likeness (QED) is 0.837. The molecule has 1 N–H and O–H groups in total. The van der Waals surface area contributed by atoms with Crippen LogP contribution < -0.4 is 5.32 Å². The summed E-state index contributed by atoms with van der Waals surface area (Å²) in [5.74, 6) is 0.630. The zero-order chi connectivity index (χ0) is 10.8. The summed E-state index contributed by atoms with van der Waals surface area (Å²) in [5.41, 5.74) is 3.06. The van der Waals surface area contributed by atoms with Gasteiger partial charge >= 0.3 is 0 Å². The molecule has 1 fully saturated rings. The molecule has 0 aromatic heterocycles. The predicted octanol–water partition coefficient (Wildman–Crippen LogP) is 2.09. The third kappa shape index (κ3) is 2.00. The van der Waals surface area contributed by atoms with Crippen molar-refractivity contribution in [3.05, 3.63) is 35.4 Å². The highest BCUT2D eigenvalue weighted by atomic mass is 16.5. The van der Waals surface area contributed by atoms with Crippen LogP contribution in [0, 0.1) is 0 Å². The largest absolute Gasteiger partial charge is 0.375 e. The molecule has 3 rings (SSSR count). The molecule has 0 spiro atoms. The van der Waals surface area contributed by atoms with Crippen molar-refractivity contribution in [3.63, 3.8) is 0 Å². The molecule has 0 amide bonds. The van der Waals surface area contributed by atoms with Crippen molar-refractivity contribution < 1.29 is 4.74 Å². The summed E-state index contributed by atoms with van der Waals surface area (Å²) in [4.78, 5) is 0. The van der Waals surface area contributed by atoms with Crippen molar-refractivity contribution in [1.29, 1.82) is 0 Å². The van der Waals surface area contributed by atoms with Gasteiger partial charge in [-0.15, -0.1) is 0 Å². The van der Waals surface area contributed by atoms with Gasteiger partial charge in [-0.25, -0.2) is 0 Å². The first kappa shape index (κ1) is 10.3. The number of ether oxygens (including phenoxy) is 1. The Kier molecular flexibility index (Phi) is 2.94. The highest BCUT2D eigenvalue weighted by Gasteiger charge is 2.23. The summed E-state index contributed by atoms with van der Waals surface area (Å²) < 4.78 is 5.91. The SMILES string of the molecule is c1ccc2c(c1)CCCC2COC1CNC1. The van der Waals surface area contributed by atoms with Crippen LogP contribution in [-0.2, 0) is 11.2 Å². The summed E-state index contributed by atoms with van der Waals surface area (Å²) in [6.45, 7) is 2.98. The molecule has 1 aliphatic carbocycles. The summed E-state index contributed by atoms with van der Waals surface area (Å²) in [6.07, 6.45) is 4.32. The van der Waals surface area contributed by atoms with Gasteiger partial charge in [-0.05, 0) is 30.4 Å². The minimum absolute atomic E-state index is 0.467. The average Bonchev–Trinajstić information content (AvgIpc) is 2.27. The zero-order valence-electron chi connectivity index (χ0n) is 9.61. The average molecular weight is 217 g/mol. The Balaban J connectivity index is 1.66. The van der Waals surface area contributed by atoms with Crippen molar-refractivity contribution in [1.82, 2.24) is 5.32 Å². The van der Waals surface area contributed by atoms with E-state index >= 15 is 0 Å². The van der Waals surface area contributed by atoms with Crippen LogP contribution in [0.25, 0.3) is 0 Å². The maximum Gasteiger partial charge on any atom is 0.0823 e. The molecular formula is C14H19NO. The number of hydrogen-bond acceptors (Lipinski definition) is 2. The molecule has 1 aromatic carbocycles. The summed E-state index contributed by atoms with van der Waals surface area (Å²) in [6, 6.07) is 8.86. The highest BCUT2D eigenvalue weighted by Crippen LogP contribution is 2.31. The van der Waals surface area contributed by atoms with E-state index in [0.29, 0.717) is 12.0 Å². The molecule has 1 heterocycles. The van der Waals surface area contributed by atoms with Gasteiger partial charge in [0.25, 0.3) is 0 Å². The van der Waals surface area contributed by atoms with Crippen molar-refractivity contribution >= 4 is 0 Å². The Labute approximate surface area is 97.0 Å². The number of nitrogens with one attached hydrogen (secondary N) is 1. The maximum absolute atomic E-state index is 5.91. The molecule has 2 nitrogen and oxygen atoms in total. The summed E-state index contributed by atoms with van der Waals surface area (Å²) >= 11 is 0. The molecule has 86 valence electrons. The minimum Gasteiger partial charge on any atom is -0.375 e. The fourth-order valence-electron chi connectivity index (χ4n) is 2.66. The van der Waals surface area contributed by atoms with E-state index in [0.717, 1.165) is 19.7 Å². The van der Waals surface area contributed by atoms with Gasteiger partial charge in [0.2, 0.25) is 0 Å². The van der Waals surface area contributed by atoms with Gasteiger partial charge in [-0.2, -0.15) is 0 Å². The van der Waals surface area contributed by atoms with Crippen molar-refractivity contribution in [2.45, 2.75) is 31.3 Å². The van der Waals surface area contributed by atoms with E-state index in [1.807, 2.05) is 0 Å². The molecule has 1 aromatic rings. The van der Waals surface area contributed by atoms with Gasteiger partial charge in [0.15, 0.2) is 0 Å². The monoisotopic (exact) mass is 217 g/mol. The van der Waals surface area contributed by atoms with Crippen LogP contribution in [0.2, 0.25) is 0 Å². The summed E-state index contributed by atoms with van der Waals surface area (Å²) in [5, 5.41) is 3.24. The second kappa shape index (κ2) is 4.56. The molecule has 16 heavy (non-hydrogen) atoms. The lowest BCUT2D eigenvalue weighted by Gasteiger charge is -2.31. The van der Waals surface area contributed by atoms with Gasteiger partial charge < -0.3 is 10.1 Å². The molecular weight excluding hydrogens is 198 g/mol. The van der Waals surface area contributed by atoms with E-state index in [4.69, 9.17) is 4.74 Å². The Morgan fingerprint density at radius 3 is 2.94 bits per heavy atom. The highest BCUT2D eigenvalue weighted by molar-refractivity contribution is 5.32. The summed E-state index contributed by atoms with van der Waals surface area (Å²) in [7, 11) is 0. The number of rotatable bonds is 3. The number of hydrogen-bond donors (Lipinski definition) is 1. The van der Waals surface area contributed by atoms with E-state index in [2.05, 4.69) is 29.6 Å². The molecule has 0 saturated carbocycles. The Morgan fingerprint density at radius 1 is 1.25 bits per heavy atom. The van der Waals surface area contributed by atoms with E-state index in [9.17, 15) is 0 Å². The second-order valence-corrected chi connectivity index (χ2v) is 4.90. The smallest absolute Gasteiger partial charge is 0.0823 e. The van der Waals surface area contributed by atoms with Crippen molar-refractivity contribution in [2.24, 2.45) is 0 Å². The molecule has 0 radical (unpaired) electrons. The third-order valence-corrected chi connectivity index (χ3v) is 3.77. The van der Waals surface area contributed by atoms with Gasteiger partial charge in [-0.1, -0.05) is 24.3 Å². The Bertz CT molecular complexity index is 360. The van der Waals surface area contributed by atoms with Crippen LogP contribution in [-0.4, -0.2) is 25.8 Å². The van der Waals surface area contributed by atoms with Crippen molar-refractivity contribution in [3.8, 4) is 0 Å². The molecule has 2 heteroatoms. The lowest BCUT2D eigenvalue weighted by atomic mass is 9.83. The van der Waals surface area contributed by atoms with Crippen LogP contribution in [0.3, 0.4) is 0 Å². The zero-order valence-corrected chi connectivity index (χ0v) is 9.61. The molecule has 2 aliphatic rings. The normalized spacial score (nSPS) is 24.9. The van der Waals surface area contributed by atoms with E-state index in [-0.39, 0.29) is 0 Å². The fraction of sp³-hybridized carbons (Fsp3) is 0.571. The van der Waals surface area contributed by atoms with Gasteiger partial charge in [0.1, 0.15) is 0 Å². The second-order valence-electron chi connectivity index (χ2n) is 4.90. The molecule has 1 unspecified atom stereocenters. The fourth-order valence-corrected chi connectivity index (χ4v) is 2.66. The number of benzene rings is 1. The van der Waals surface area contributed by atoms with Crippen LogP contribution in [0.5, 0.6) is 0 Å². The topological polar surface area (TPSA) is 21.3 Å². The lowest BCUT2D eigenvalue weighted by molar-refractivity contribution is 0.00893. The first-order valence-electron chi connectivity index (χ1n) is 6.33. The third-order valence-electron chi connectivity index (χ3n) is 3.77. The Morgan fingerprint density at radius 2 is 2.12 bits per heavy atom. The first-order chi connectivity index (χ1) is 7.93. The number of aryl methyl sites for hydroxylation is 1. The van der Waals surface area contributed by atoms with Crippen LogP contribution >= 0.6 is 0 Å².